The number of aryl methyl sites for hydroxylation is 2. The Balaban J connectivity index is 2.19. The zero-order chi connectivity index (χ0) is 14.8. The van der Waals surface area contributed by atoms with Crippen LogP contribution in [0.5, 0.6) is 0 Å². The van der Waals surface area contributed by atoms with Crippen molar-refractivity contribution < 1.29 is 4.52 Å². The molecule has 0 atom stereocenters. The minimum atomic E-state index is -0.506. The molecule has 0 bridgehead atoms. The average molecular weight is 273 g/mol. The topological polar surface area (TPSA) is 64.9 Å². The van der Waals surface area contributed by atoms with Gasteiger partial charge in [0.05, 0.1) is 5.54 Å². The molecule has 1 aromatic heterocycles. The van der Waals surface area contributed by atoms with Gasteiger partial charge in [0.15, 0.2) is 5.82 Å². The van der Waals surface area contributed by atoms with Gasteiger partial charge in [0, 0.05) is 6.42 Å². The SMILES string of the molecule is CCC(N)(CC)c1nc(Cc2ccc(C)c(C)c2)no1. The highest BCUT2D eigenvalue weighted by Crippen LogP contribution is 2.24. The highest BCUT2D eigenvalue weighted by Gasteiger charge is 2.29. The number of hydrogen-bond donors (Lipinski definition) is 1. The largest absolute Gasteiger partial charge is 0.337 e. The second kappa shape index (κ2) is 5.75. The molecule has 0 aliphatic carbocycles. The van der Waals surface area contributed by atoms with E-state index in [1.807, 2.05) is 13.8 Å². The van der Waals surface area contributed by atoms with Crippen LogP contribution in [-0.2, 0) is 12.0 Å². The molecule has 4 nitrogen and oxygen atoms in total. The van der Waals surface area contributed by atoms with Crippen LogP contribution in [-0.4, -0.2) is 10.1 Å². The number of nitrogens with zero attached hydrogens (tertiary/aromatic N) is 2. The first kappa shape index (κ1) is 14.7. The Morgan fingerprint density at radius 2 is 1.85 bits per heavy atom. The minimum Gasteiger partial charge on any atom is -0.337 e. The highest BCUT2D eigenvalue weighted by atomic mass is 16.5. The maximum Gasteiger partial charge on any atom is 0.246 e. The predicted molar refractivity (Wildman–Crippen MR) is 79.5 cm³/mol. The summed E-state index contributed by atoms with van der Waals surface area (Å²) in [6.07, 6.45) is 2.25. The van der Waals surface area contributed by atoms with Gasteiger partial charge in [-0.1, -0.05) is 37.2 Å². The van der Waals surface area contributed by atoms with Gasteiger partial charge >= 0.3 is 0 Å². The van der Waals surface area contributed by atoms with Crippen molar-refractivity contribution in [3.05, 3.63) is 46.6 Å². The van der Waals surface area contributed by atoms with Gasteiger partial charge in [0.2, 0.25) is 5.89 Å². The fourth-order valence-electron chi connectivity index (χ4n) is 2.18. The maximum absolute atomic E-state index is 6.27. The third-order valence-corrected chi connectivity index (χ3v) is 4.09. The molecule has 0 fully saturated rings. The van der Waals surface area contributed by atoms with Gasteiger partial charge in [0.1, 0.15) is 0 Å². The number of nitrogens with two attached hydrogens (primary N) is 1. The van der Waals surface area contributed by atoms with Crippen molar-refractivity contribution in [3.63, 3.8) is 0 Å². The normalized spacial score (nSPS) is 11.8. The summed E-state index contributed by atoms with van der Waals surface area (Å²) in [5.41, 5.74) is 9.53. The molecular weight excluding hydrogens is 250 g/mol. The third kappa shape index (κ3) is 2.90. The summed E-state index contributed by atoms with van der Waals surface area (Å²) in [5, 5.41) is 4.06. The average Bonchev–Trinajstić information content (AvgIpc) is 2.91. The van der Waals surface area contributed by atoms with Gasteiger partial charge in [-0.05, 0) is 43.4 Å². The Labute approximate surface area is 120 Å². The van der Waals surface area contributed by atoms with Crippen molar-refractivity contribution in [2.45, 2.75) is 52.5 Å². The number of hydrogen-bond acceptors (Lipinski definition) is 4. The fourth-order valence-corrected chi connectivity index (χ4v) is 2.18. The highest BCUT2D eigenvalue weighted by molar-refractivity contribution is 5.31. The van der Waals surface area contributed by atoms with E-state index in [9.17, 15) is 0 Å². The van der Waals surface area contributed by atoms with Crippen LogP contribution in [0.4, 0.5) is 0 Å². The summed E-state index contributed by atoms with van der Waals surface area (Å²) in [6.45, 7) is 8.30. The lowest BCUT2D eigenvalue weighted by molar-refractivity contribution is 0.267. The van der Waals surface area contributed by atoms with Gasteiger partial charge < -0.3 is 10.3 Å². The summed E-state index contributed by atoms with van der Waals surface area (Å²) < 4.78 is 5.35. The minimum absolute atomic E-state index is 0.506. The van der Waals surface area contributed by atoms with Gasteiger partial charge in [-0.15, -0.1) is 0 Å². The molecule has 1 heterocycles. The second-order valence-corrected chi connectivity index (χ2v) is 5.47. The lowest BCUT2D eigenvalue weighted by Crippen LogP contribution is -2.35. The fraction of sp³-hybridized carbons (Fsp3) is 0.500. The summed E-state index contributed by atoms with van der Waals surface area (Å²) in [4.78, 5) is 4.47. The van der Waals surface area contributed by atoms with E-state index in [1.165, 1.54) is 16.7 Å². The molecule has 0 aliphatic heterocycles. The van der Waals surface area contributed by atoms with Crippen molar-refractivity contribution in [3.8, 4) is 0 Å². The van der Waals surface area contributed by atoms with E-state index < -0.39 is 5.54 Å². The molecule has 0 amide bonds. The molecule has 4 heteroatoms. The molecule has 0 aliphatic rings. The molecule has 0 saturated heterocycles. The monoisotopic (exact) mass is 273 g/mol. The van der Waals surface area contributed by atoms with Crippen LogP contribution >= 0.6 is 0 Å². The Morgan fingerprint density at radius 3 is 2.45 bits per heavy atom. The summed E-state index contributed by atoms with van der Waals surface area (Å²) in [7, 11) is 0. The first-order valence-corrected chi connectivity index (χ1v) is 7.16. The molecule has 108 valence electrons. The molecule has 0 unspecified atom stereocenters. The number of aromatic nitrogens is 2. The summed E-state index contributed by atoms with van der Waals surface area (Å²) in [6, 6.07) is 6.39. The van der Waals surface area contributed by atoms with E-state index in [0.29, 0.717) is 18.1 Å². The smallest absolute Gasteiger partial charge is 0.246 e. The molecule has 1 aromatic carbocycles. The second-order valence-electron chi connectivity index (χ2n) is 5.47. The molecule has 20 heavy (non-hydrogen) atoms. The van der Waals surface area contributed by atoms with Crippen LogP contribution in [0.25, 0.3) is 0 Å². The van der Waals surface area contributed by atoms with E-state index in [2.05, 4.69) is 42.2 Å². The van der Waals surface area contributed by atoms with Crippen LogP contribution in [0.2, 0.25) is 0 Å². The Morgan fingerprint density at radius 1 is 1.15 bits per heavy atom. The van der Waals surface area contributed by atoms with Gasteiger partial charge in [-0.2, -0.15) is 4.98 Å². The molecule has 0 saturated carbocycles. The van der Waals surface area contributed by atoms with Gasteiger partial charge in [-0.25, -0.2) is 0 Å². The van der Waals surface area contributed by atoms with Crippen LogP contribution in [0.1, 0.15) is 55.1 Å². The molecule has 2 aromatic rings. The van der Waals surface area contributed by atoms with E-state index >= 15 is 0 Å². The standard InChI is InChI=1S/C16H23N3O/c1-5-16(17,6-2)15-18-14(19-20-15)10-13-8-7-11(3)12(4)9-13/h7-9H,5-6,10,17H2,1-4H3. The molecule has 2 N–H and O–H groups in total. The lowest BCUT2D eigenvalue weighted by atomic mass is 9.94. The van der Waals surface area contributed by atoms with E-state index in [-0.39, 0.29) is 0 Å². The van der Waals surface area contributed by atoms with Crippen molar-refractivity contribution in [2.24, 2.45) is 5.73 Å². The first-order valence-electron chi connectivity index (χ1n) is 7.16. The van der Waals surface area contributed by atoms with E-state index in [4.69, 9.17) is 10.3 Å². The molecule has 0 radical (unpaired) electrons. The molecular formula is C16H23N3O. The zero-order valence-corrected chi connectivity index (χ0v) is 12.7. The summed E-state index contributed by atoms with van der Waals surface area (Å²) in [5.74, 6) is 1.24. The first-order chi connectivity index (χ1) is 9.48. The molecule has 0 spiro atoms. The van der Waals surface area contributed by atoms with Crippen molar-refractivity contribution >= 4 is 0 Å². The van der Waals surface area contributed by atoms with Crippen LogP contribution in [0.15, 0.2) is 22.7 Å². The van der Waals surface area contributed by atoms with E-state index in [0.717, 1.165) is 12.8 Å². The zero-order valence-electron chi connectivity index (χ0n) is 12.7. The van der Waals surface area contributed by atoms with Crippen molar-refractivity contribution in [2.75, 3.05) is 0 Å². The Hall–Kier alpha value is -1.68. The van der Waals surface area contributed by atoms with Crippen LogP contribution < -0.4 is 5.73 Å². The van der Waals surface area contributed by atoms with Crippen LogP contribution in [0.3, 0.4) is 0 Å². The predicted octanol–water partition coefficient (Wildman–Crippen LogP) is 3.25. The number of benzene rings is 1. The Kier molecular flexibility index (Phi) is 4.23. The van der Waals surface area contributed by atoms with E-state index in [1.54, 1.807) is 0 Å². The van der Waals surface area contributed by atoms with Crippen molar-refractivity contribution in [1.29, 1.82) is 0 Å². The van der Waals surface area contributed by atoms with Crippen LogP contribution in [0, 0.1) is 13.8 Å². The summed E-state index contributed by atoms with van der Waals surface area (Å²) >= 11 is 0. The number of rotatable bonds is 5. The maximum atomic E-state index is 6.27. The van der Waals surface area contributed by atoms with Gasteiger partial charge in [0.25, 0.3) is 0 Å². The van der Waals surface area contributed by atoms with Gasteiger partial charge in [-0.3, -0.25) is 0 Å². The lowest BCUT2D eigenvalue weighted by Gasteiger charge is -2.20. The molecule has 2 rings (SSSR count). The third-order valence-electron chi connectivity index (χ3n) is 4.09. The quantitative estimate of drug-likeness (QED) is 0.908. The Bertz CT molecular complexity index is 585. The van der Waals surface area contributed by atoms with Crippen molar-refractivity contribution in [1.82, 2.24) is 10.1 Å².